The first-order valence-corrected chi connectivity index (χ1v) is 10.6. The maximum absolute atomic E-state index is 12.8. The van der Waals surface area contributed by atoms with E-state index in [9.17, 15) is 14.9 Å². The van der Waals surface area contributed by atoms with Gasteiger partial charge in [-0.2, -0.15) is 0 Å². The second-order valence-corrected chi connectivity index (χ2v) is 8.26. The average Bonchev–Trinajstić information content (AvgIpc) is 2.76. The molecule has 2 atom stereocenters. The number of carbonyl (C=O) groups is 1. The lowest BCUT2D eigenvalue weighted by Crippen LogP contribution is -2.48. The van der Waals surface area contributed by atoms with Crippen molar-refractivity contribution >= 4 is 28.2 Å². The number of pyridine rings is 1. The number of aryl methyl sites for hydroxylation is 1. The molecular weight excluding hydrogens is 408 g/mol. The van der Waals surface area contributed by atoms with Gasteiger partial charge >= 0.3 is 0 Å². The summed E-state index contributed by atoms with van der Waals surface area (Å²) in [5.41, 5.74) is 3.49. The fourth-order valence-corrected chi connectivity index (χ4v) is 4.14. The van der Waals surface area contributed by atoms with E-state index in [1.807, 2.05) is 62.1 Å². The van der Waals surface area contributed by atoms with Crippen LogP contribution in [0.4, 0.5) is 11.4 Å². The van der Waals surface area contributed by atoms with Crippen LogP contribution in [0.2, 0.25) is 0 Å². The molecule has 0 radical (unpaired) electrons. The molecule has 1 amide bonds. The molecule has 1 saturated heterocycles. The van der Waals surface area contributed by atoms with Crippen LogP contribution in [-0.4, -0.2) is 46.0 Å². The van der Waals surface area contributed by atoms with E-state index in [1.54, 1.807) is 6.07 Å². The number of nitrogens with zero attached hydrogens (tertiary/aromatic N) is 3. The summed E-state index contributed by atoms with van der Waals surface area (Å²) in [5.74, 6) is 0.00886. The molecule has 8 heteroatoms. The molecule has 32 heavy (non-hydrogen) atoms. The number of amides is 1. The zero-order valence-electron chi connectivity index (χ0n) is 18.4. The van der Waals surface area contributed by atoms with Gasteiger partial charge in [0.1, 0.15) is 0 Å². The lowest BCUT2D eigenvalue weighted by atomic mass is 10.1. The summed E-state index contributed by atoms with van der Waals surface area (Å²) in [6, 6.07) is 14.4. The zero-order chi connectivity index (χ0) is 22.8. The van der Waals surface area contributed by atoms with Crippen molar-refractivity contribution in [1.29, 1.82) is 0 Å². The van der Waals surface area contributed by atoms with Gasteiger partial charge in [0.05, 0.1) is 17.1 Å². The van der Waals surface area contributed by atoms with Crippen molar-refractivity contribution in [3.63, 3.8) is 0 Å². The molecule has 2 heterocycles. The number of hydrogen-bond acceptors (Lipinski definition) is 6. The van der Waals surface area contributed by atoms with Gasteiger partial charge in [0.2, 0.25) is 0 Å². The van der Waals surface area contributed by atoms with Gasteiger partial charge in [0.25, 0.3) is 11.6 Å². The molecule has 3 aromatic rings. The molecule has 1 N–H and O–H groups in total. The number of aromatic nitrogens is 1. The van der Waals surface area contributed by atoms with E-state index in [1.165, 1.54) is 6.07 Å². The van der Waals surface area contributed by atoms with E-state index in [0.717, 1.165) is 11.3 Å². The predicted octanol–water partition coefficient (Wildman–Crippen LogP) is 4.31. The Morgan fingerprint density at radius 2 is 1.88 bits per heavy atom. The molecule has 2 unspecified atom stereocenters. The number of para-hydroxylation sites is 1. The van der Waals surface area contributed by atoms with E-state index in [2.05, 4.69) is 10.3 Å². The van der Waals surface area contributed by atoms with Crippen LogP contribution in [0.5, 0.6) is 0 Å². The molecular formula is C24H26N4O4. The lowest BCUT2D eigenvalue weighted by molar-refractivity contribution is -0.383. The summed E-state index contributed by atoms with van der Waals surface area (Å²) < 4.78 is 5.71. The molecule has 1 aliphatic rings. The number of ether oxygens (including phenoxy) is 1. The number of nitro benzene ring substituents is 1. The van der Waals surface area contributed by atoms with Crippen molar-refractivity contribution in [1.82, 2.24) is 9.88 Å². The summed E-state index contributed by atoms with van der Waals surface area (Å²) in [4.78, 5) is 30.0. The van der Waals surface area contributed by atoms with Crippen LogP contribution in [0.1, 0.15) is 35.5 Å². The second-order valence-electron chi connectivity index (χ2n) is 8.26. The van der Waals surface area contributed by atoms with Crippen molar-refractivity contribution in [3.8, 4) is 0 Å². The largest absolute Gasteiger partial charge is 0.380 e. The van der Waals surface area contributed by atoms with Crippen LogP contribution >= 0.6 is 0 Å². The van der Waals surface area contributed by atoms with Crippen molar-refractivity contribution in [2.24, 2.45) is 0 Å². The quantitative estimate of drug-likeness (QED) is 0.475. The van der Waals surface area contributed by atoms with Crippen molar-refractivity contribution < 1.29 is 14.5 Å². The smallest absolute Gasteiger partial charge is 0.295 e. The molecule has 4 rings (SSSR count). The zero-order valence-corrected chi connectivity index (χ0v) is 18.4. The molecule has 1 aliphatic heterocycles. The lowest BCUT2D eigenvalue weighted by Gasteiger charge is -2.35. The fraction of sp³-hybridized carbons (Fsp3) is 0.333. The van der Waals surface area contributed by atoms with E-state index in [-0.39, 0.29) is 23.8 Å². The van der Waals surface area contributed by atoms with Crippen molar-refractivity contribution in [2.45, 2.75) is 39.5 Å². The Labute approximate surface area is 186 Å². The Morgan fingerprint density at radius 3 is 2.53 bits per heavy atom. The van der Waals surface area contributed by atoms with E-state index >= 15 is 0 Å². The molecule has 166 valence electrons. The third kappa shape index (κ3) is 4.55. The molecule has 8 nitrogen and oxygen atoms in total. The predicted molar refractivity (Wildman–Crippen MR) is 123 cm³/mol. The number of non-ortho nitro benzene ring substituents is 1. The minimum atomic E-state index is -0.412. The Balaban J connectivity index is 1.49. The maximum atomic E-state index is 12.8. The van der Waals surface area contributed by atoms with Gasteiger partial charge in [-0.25, -0.2) is 4.98 Å². The first kappa shape index (κ1) is 21.7. The standard InChI is InChI=1S/C24H26N4O4/c1-15-11-21(20-5-4-6-22(28(30)31)23(20)26-15)25-12-18-7-9-19(10-8-18)24(29)27-13-16(2)32-17(3)14-27/h4-11,16-17H,12-14H2,1-3H3,(H,25,26). The summed E-state index contributed by atoms with van der Waals surface area (Å²) in [7, 11) is 0. The fourth-order valence-electron chi connectivity index (χ4n) is 4.14. The van der Waals surface area contributed by atoms with Crippen LogP contribution < -0.4 is 5.32 Å². The molecule has 1 aromatic heterocycles. The van der Waals surface area contributed by atoms with Crippen molar-refractivity contribution in [2.75, 3.05) is 18.4 Å². The summed E-state index contributed by atoms with van der Waals surface area (Å²) in [5, 5.41) is 15.4. The summed E-state index contributed by atoms with van der Waals surface area (Å²) in [6.07, 6.45) is 0.0567. The molecule has 2 aromatic carbocycles. The number of hydrogen-bond donors (Lipinski definition) is 1. The normalized spacial score (nSPS) is 18.5. The first-order valence-electron chi connectivity index (χ1n) is 10.6. The van der Waals surface area contributed by atoms with Crippen LogP contribution in [0.25, 0.3) is 10.9 Å². The van der Waals surface area contributed by atoms with E-state index in [0.29, 0.717) is 41.8 Å². The van der Waals surface area contributed by atoms with Gasteiger partial charge < -0.3 is 15.0 Å². The molecule has 0 bridgehead atoms. The highest BCUT2D eigenvalue weighted by atomic mass is 16.6. The van der Waals surface area contributed by atoms with Crippen LogP contribution in [0.3, 0.4) is 0 Å². The Hall–Kier alpha value is -3.52. The van der Waals surface area contributed by atoms with Gasteiger partial charge in [0.15, 0.2) is 5.52 Å². The number of morpholine rings is 1. The van der Waals surface area contributed by atoms with Gasteiger partial charge in [-0.1, -0.05) is 24.3 Å². The van der Waals surface area contributed by atoms with E-state index < -0.39 is 4.92 Å². The van der Waals surface area contributed by atoms with Crippen LogP contribution in [-0.2, 0) is 11.3 Å². The molecule has 0 spiro atoms. The van der Waals surface area contributed by atoms with Crippen LogP contribution in [0, 0.1) is 17.0 Å². The monoisotopic (exact) mass is 434 g/mol. The number of carbonyl (C=O) groups excluding carboxylic acids is 1. The average molecular weight is 434 g/mol. The van der Waals surface area contributed by atoms with Crippen LogP contribution in [0.15, 0.2) is 48.5 Å². The summed E-state index contributed by atoms with van der Waals surface area (Å²) >= 11 is 0. The van der Waals surface area contributed by atoms with E-state index in [4.69, 9.17) is 4.74 Å². The topological polar surface area (TPSA) is 97.6 Å². The number of fused-ring (bicyclic) bond motifs is 1. The first-order chi connectivity index (χ1) is 15.3. The SMILES string of the molecule is Cc1cc(NCc2ccc(C(=O)N3CC(C)OC(C)C3)cc2)c2cccc([N+](=O)[O-])c2n1. The number of anilines is 1. The van der Waals surface area contributed by atoms with Crippen molar-refractivity contribution in [3.05, 3.63) is 75.5 Å². The highest BCUT2D eigenvalue weighted by Gasteiger charge is 2.26. The number of benzene rings is 2. The summed E-state index contributed by atoms with van der Waals surface area (Å²) in [6.45, 7) is 7.46. The Morgan fingerprint density at radius 1 is 1.19 bits per heavy atom. The minimum Gasteiger partial charge on any atom is -0.380 e. The number of nitro groups is 1. The Bertz CT molecular complexity index is 1150. The van der Waals surface area contributed by atoms with Gasteiger partial charge in [-0.3, -0.25) is 14.9 Å². The minimum absolute atomic E-state index is 0.00886. The number of rotatable bonds is 5. The van der Waals surface area contributed by atoms with Gasteiger partial charge in [0, 0.05) is 48.0 Å². The molecule has 0 saturated carbocycles. The highest BCUT2D eigenvalue weighted by Crippen LogP contribution is 2.30. The molecule has 1 fully saturated rings. The number of nitrogens with one attached hydrogen (secondary N) is 1. The molecule has 0 aliphatic carbocycles. The maximum Gasteiger partial charge on any atom is 0.295 e. The second kappa shape index (κ2) is 8.92. The Kier molecular flexibility index (Phi) is 6.05. The van der Waals surface area contributed by atoms with Gasteiger partial charge in [-0.05, 0) is 44.5 Å². The third-order valence-electron chi connectivity index (χ3n) is 5.53. The third-order valence-corrected chi connectivity index (χ3v) is 5.53. The van der Waals surface area contributed by atoms with Gasteiger partial charge in [-0.15, -0.1) is 0 Å². The highest BCUT2D eigenvalue weighted by molar-refractivity contribution is 5.97.